The van der Waals surface area contributed by atoms with Crippen molar-refractivity contribution in [1.82, 2.24) is 0 Å². The number of esters is 1. The number of amides is 1. The number of ether oxygens (including phenoxy) is 2. The lowest BCUT2D eigenvalue weighted by Gasteiger charge is -2.13. The summed E-state index contributed by atoms with van der Waals surface area (Å²) < 4.78 is 11.2. The van der Waals surface area contributed by atoms with E-state index in [4.69, 9.17) is 21.1 Å². The quantitative estimate of drug-likeness (QED) is 0.252. The van der Waals surface area contributed by atoms with Crippen LogP contribution in [0.15, 0.2) is 66.7 Å². The molecule has 0 heterocycles. The maximum atomic E-state index is 12.4. The fraction of sp³-hybridized carbons (Fsp3) is 0.250. The predicted octanol–water partition coefficient (Wildman–Crippen LogP) is 6.67. The summed E-state index contributed by atoms with van der Waals surface area (Å²) in [6.07, 6.45) is -0.453. The van der Waals surface area contributed by atoms with Gasteiger partial charge in [0.05, 0.1) is 0 Å². The summed E-state index contributed by atoms with van der Waals surface area (Å²) in [7, 11) is 0. The summed E-state index contributed by atoms with van der Waals surface area (Å²) in [6, 6.07) is 19.5. The zero-order valence-electron chi connectivity index (χ0n) is 20.0. The van der Waals surface area contributed by atoms with Gasteiger partial charge in [0.1, 0.15) is 11.5 Å². The van der Waals surface area contributed by atoms with Crippen molar-refractivity contribution in [2.45, 2.75) is 46.1 Å². The van der Waals surface area contributed by atoms with E-state index in [9.17, 15) is 14.4 Å². The van der Waals surface area contributed by atoms with Crippen LogP contribution in [0, 0.1) is 13.8 Å². The van der Waals surface area contributed by atoms with E-state index in [1.165, 1.54) is 13.0 Å². The highest BCUT2D eigenvalue weighted by atomic mass is 35.5. The molecule has 3 aromatic carbocycles. The number of hydrogen-bond donors (Lipinski definition) is 1. The third-order valence-corrected chi connectivity index (χ3v) is 5.57. The summed E-state index contributed by atoms with van der Waals surface area (Å²) in [6.45, 7) is 5.50. The number of carbonyl (C=O) groups excluding carboxylic acids is 3. The Morgan fingerprint density at radius 2 is 1.57 bits per heavy atom. The van der Waals surface area contributed by atoms with E-state index in [1.54, 1.807) is 42.5 Å². The van der Waals surface area contributed by atoms with Crippen LogP contribution >= 0.6 is 11.6 Å². The molecule has 6 nitrogen and oxygen atoms in total. The highest BCUT2D eigenvalue weighted by molar-refractivity contribution is 6.31. The lowest BCUT2D eigenvalue weighted by Crippen LogP contribution is -2.24. The molecule has 1 amide bonds. The van der Waals surface area contributed by atoms with Crippen LogP contribution in [0.25, 0.3) is 0 Å². The van der Waals surface area contributed by atoms with Gasteiger partial charge in [0, 0.05) is 29.1 Å². The lowest BCUT2D eigenvalue weighted by atomic mass is 10.1. The van der Waals surface area contributed by atoms with E-state index in [0.717, 1.165) is 16.9 Å². The second-order valence-corrected chi connectivity index (χ2v) is 8.69. The number of nitrogens with one attached hydrogen (secondary N) is 1. The molecule has 1 N–H and O–H groups in total. The van der Waals surface area contributed by atoms with Crippen molar-refractivity contribution < 1.29 is 23.9 Å². The van der Waals surface area contributed by atoms with E-state index in [1.807, 2.05) is 32.0 Å². The Hall–Kier alpha value is -3.64. The summed E-state index contributed by atoms with van der Waals surface area (Å²) in [5, 5.41) is 3.24. The minimum Gasteiger partial charge on any atom is -0.457 e. The first kappa shape index (κ1) is 26.0. The molecule has 0 fully saturated rings. The molecule has 0 spiro atoms. The van der Waals surface area contributed by atoms with Gasteiger partial charge in [0.25, 0.3) is 0 Å². The van der Waals surface area contributed by atoms with Gasteiger partial charge in [-0.05, 0) is 74.7 Å². The van der Waals surface area contributed by atoms with Crippen LogP contribution in [0.5, 0.6) is 11.5 Å². The highest BCUT2D eigenvalue weighted by Crippen LogP contribution is 2.29. The van der Waals surface area contributed by atoms with Gasteiger partial charge in [0.2, 0.25) is 11.7 Å². The van der Waals surface area contributed by atoms with E-state index in [0.29, 0.717) is 28.4 Å². The molecule has 0 saturated carbocycles. The maximum absolute atomic E-state index is 12.4. The standard InChI is InChI=1S/C28H28ClNO5/c1-18-7-4-8-19(2)28(18)35-24-15-13-23(14-16-24)30-25(31)11-6-12-26(32)34-20(3)27(33)21-9-5-10-22(29)17-21/h4-5,7-10,13-17,20H,6,11-12H2,1-3H3,(H,30,31). The number of hydrogen-bond acceptors (Lipinski definition) is 5. The average molecular weight is 494 g/mol. The smallest absolute Gasteiger partial charge is 0.306 e. The number of aryl methyl sites for hydroxylation is 2. The molecular formula is C28H28ClNO5. The van der Waals surface area contributed by atoms with Gasteiger partial charge in [-0.15, -0.1) is 0 Å². The Bertz CT molecular complexity index is 1190. The van der Waals surface area contributed by atoms with Crippen LogP contribution in [0.1, 0.15) is 47.7 Å². The molecule has 0 aliphatic rings. The molecule has 7 heteroatoms. The second-order valence-electron chi connectivity index (χ2n) is 8.26. The fourth-order valence-electron chi connectivity index (χ4n) is 3.49. The third-order valence-electron chi connectivity index (χ3n) is 5.34. The van der Waals surface area contributed by atoms with Crippen LogP contribution in [0.3, 0.4) is 0 Å². The minimum atomic E-state index is -0.931. The minimum absolute atomic E-state index is 0.0309. The highest BCUT2D eigenvalue weighted by Gasteiger charge is 2.19. The van der Waals surface area contributed by atoms with Gasteiger partial charge >= 0.3 is 5.97 Å². The Balaban J connectivity index is 1.41. The van der Waals surface area contributed by atoms with Gasteiger partial charge < -0.3 is 14.8 Å². The molecule has 0 radical (unpaired) electrons. The maximum Gasteiger partial charge on any atom is 0.306 e. The zero-order chi connectivity index (χ0) is 25.4. The first-order valence-electron chi connectivity index (χ1n) is 11.4. The first-order chi connectivity index (χ1) is 16.7. The monoisotopic (exact) mass is 493 g/mol. The zero-order valence-corrected chi connectivity index (χ0v) is 20.7. The largest absolute Gasteiger partial charge is 0.457 e. The van der Waals surface area contributed by atoms with Crippen molar-refractivity contribution in [2.75, 3.05) is 5.32 Å². The molecule has 0 bridgehead atoms. The van der Waals surface area contributed by atoms with Gasteiger partial charge in [-0.1, -0.05) is 41.9 Å². The van der Waals surface area contributed by atoms with Gasteiger partial charge in [-0.25, -0.2) is 0 Å². The van der Waals surface area contributed by atoms with E-state index in [-0.39, 0.29) is 24.5 Å². The normalized spacial score (nSPS) is 11.4. The van der Waals surface area contributed by atoms with Gasteiger partial charge in [-0.2, -0.15) is 0 Å². The van der Waals surface area contributed by atoms with Gasteiger partial charge in [-0.3, -0.25) is 14.4 Å². The molecule has 1 atom stereocenters. The molecule has 0 aliphatic carbocycles. The number of para-hydroxylation sites is 1. The Labute approximate surface area is 210 Å². The van der Waals surface area contributed by atoms with Crippen molar-refractivity contribution in [3.05, 3.63) is 88.4 Å². The average Bonchev–Trinajstić information content (AvgIpc) is 2.82. The fourth-order valence-corrected chi connectivity index (χ4v) is 3.68. The van der Waals surface area contributed by atoms with Gasteiger partial charge in [0.15, 0.2) is 6.10 Å². The van der Waals surface area contributed by atoms with Crippen molar-refractivity contribution in [1.29, 1.82) is 0 Å². The number of carbonyl (C=O) groups is 3. The summed E-state index contributed by atoms with van der Waals surface area (Å²) in [4.78, 5) is 36.7. The number of Topliss-reactive ketones (excluding diaryl/α,β-unsaturated/α-hetero) is 1. The van der Waals surface area contributed by atoms with E-state index in [2.05, 4.69) is 5.32 Å². The molecule has 0 saturated heterocycles. The molecule has 3 rings (SSSR count). The molecule has 0 aliphatic heterocycles. The summed E-state index contributed by atoms with van der Waals surface area (Å²) in [5.74, 6) is 0.408. The number of anilines is 1. The number of benzene rings is 3. The van der Waals surface area contributed by atoms with Crippen molar-refractivity contribution in [3.8, 4) is 11.5 Å². The van der Waals surface area contributed by atoms with Crippen molar-refractivity contribution in [2.24, 2.45) is 0 Å². The molecule has 182 valence electrons. The van der Waals surface area contributed by atoms with Crippen LogP contribution in [0.4, 0.5) is 5.69 Å². The second kappa shape index (κ2) is 12.2. The van der Waals surface area contributed by atoms with E-state index >= 15 is 0 Å². The van der Waals surface area contributed by atoms with Crippen LogP contribution in [-0.4, -0.2) is 23.8 Å². The third kappa shape index (κ3) is 7.69. The van der Waals surface area contributed by atoms with Crippen molar-refractivity contribution >= 4 is 34.9 Å². The Morgan fingerprint density at radius 1 is 0.914 bits per heavy atom. The van der Waals surface area contributed by atoms with Crippen LogP contribution < -0.4 is 10.1 Å². The topological polar surface area (TPSA) is 81.7 Å². The molecular weight excluding hydrogens is 466 g/mol. The first-order valence-corrected chi connectivity index (χ1v) is 11.7. The Kier molecular flexibility index (Phi) is 9.04. The van der Waals surface area contributed by atoms with E-state index < -0.39 is 12.1 Å². The molecule has 0 aromatic heterocycles. The number of rotatable bonds is 10. The van der Waals surface area contributed by atoms with Crippen LogP contribution in [-0.2, 0) is 14.3 Å². The number of halogens is 1. The summed E-state index contributed by atoms with van der Waals surface area (Å²) >= 11 is 5.90. The molecule has 35 heavy (non-hydrogen) atoms. The van der Waals surface area contributed by atoms with Crippen molar-refractivity contribution in [3.63, 3.8) is 0 Å². The molecule has 1 unspecified atom stereocenters. The molecule has 3 aromatic rings. The SMILES string of the molecule is Cc1cccc(C)c1Oc1ccc(NC(=O)CCCC(=O)OC(C)C(=O)c2cccc(Cl)c2)cc1. The lowest BCUT2D eigenvalue weighted by molar-refractivity contribution is -0.146. The predicted molar refractivity (Wildman–Crippen MR) is 136 cm³/mol. The number of ketones is 1. The Morgan fingerprint density at radius 3 is 2.23 bits per heavy atom. The summed E-state index contributed by atoms with van der Waals surface area (Å²) in [5.41, 5.74) is 3.10. The van der Waals surface area contributed by atoms with Crippen LogP contribution in [0.2, 0.25) is 5.02 Å².